The molecule has 0 saturated heterocycles. The van der Waals surface area contributed by atoms with E-state index >= 15 is 4.39 Å². The molecule has 2 aromatic rings. The molecule has 2 unspecified atom stereocenters. The minimum Gasteiger partial charge on any atom is -0.379 e. The second-order valence-corrected chi connectivity index (χ2v) is 8.07. The van der Waals surface area contributed by atoms with Gasteiger partial charge in [0.1, 0.15) is 6.17 Å². The molecule has 0 N–H and O–H groups in total. The lowest BCUT2D eigenvalue weighted by Crippen LogP contribution is -2.36. The molecule has 0 radical (unpaired) electrons. The van der Waals surface area contributed by atoms with Crippen LogP contribution in [0.3, 0.4) is 0 Å². The Bertz CT molecular complexity index is 662. The van der Waals surface area contributed by atoms with E-state index in [4.69, 9.17) is 18.9 Å². The zero-order valence-corrected chi connectivity index (χ0v) is 20.2. The van der Waals surface area contributed by atoms with Crippen molar-refractivity contribution in [2.24, 2.45) is 0 Å². The first-order valence-electron chi connectivity index (χ1n) is 12.0. The van der Waals surface area contributed by atoms with Gasteiger partial charge in [0, 0.05) is 26.2 Å². The average molecular weight is 462 g/mol. The summed E-state index contributed by atoms with van der Waals surface area (Å²) >= 11 is 0. The van der Waals surface area contributed by atoms with E-state index in [1.807, 2.05) is 36.4 Å². The van der Waals surface area contributed by atoms with E-state index in [1.165, 1.54) is 11.1 Å². The maximum absolute atomic E-state index is 15.0. The molecule has 0 aromatic heterocycles. The normalized spacial score (nSPS) is 13.3. The van der Waals surface area contributed by atoms with E-state index in [-0.39, 0.29) is 0 Å². The van der Waals surface area contributed by atoms with Gasteiger partial charge in [0.2, 0.25) is 0 Å². The summed E-state index contributed by atoms with van der Waals surface area (Å²) in [7, 11) is 0. The van der Waals surface area contributed by atoms with Gasteiger partial charge in [-0.15, -0.1) is 0 Å². The number of hydrogen-bond acceptors (Lipinski definition) is 5. The van der Waals surface area contributed by atoms with Crippen molar-refractivity contribution in [3.8, 4) is 0 Å². The monoisotopic (exact) mass is 461 g/mol. The molecular weight excluding hydrogens is 421 g/mol. The maximum Gasteiger partial charge on any atom is 0.138 e. The van der Waals surface area contributed by atoms with Gasteiger partial charge in [-0.25, -0.2) is 4.39 Å². The summed E-state index contributed by atoms with van der Waals surface area (Å²) in [6.45, 7) is 9.29. The highest BCUT2D eigenvalue weighted by atomic mass is 19.1. The number of ether oxygens (including phenoxy) is 4. The largest absolute Gasteiger partial charge is 0.379 e. The lowest BCUT2D eigenvalue weighted by molar-refractivity contribution is -0.0402. The molecule has 2 atom stereocenters. The average Bonchev–Trinajstić information content (AvgIpc) is 2.83. The minimum absolute atomic E-state index is 0.305. The van der Waals surface area contributed by atoms with Crippen molar-refractivity contribution in [2.75, 3.05) is 52.8 Å². The van der Waals surface area contributed by atoms with Gasteiger partial charge in [0.15, 0.2) is 0 Å². The third-order valence-electron chi connectivity index (χ3n) is 5.14. The van der Waals surface area contributed by atoms with Crippen molar-refractivity contribution in [2.45, 2.75) is 45.6 Å². The molecule has 6 heteroatoms. The Kier molecular flexibility index (Phi) is 14.6. The molecule has 0 aliphatic rings. The first-order valence-corrected chi connectivity index (χ1v) is 12.0. The summed E-state index contributed by atoms with van der Waals surface area (Å²) in [6.07, 6.45) is -0.585. The van der Waals surface area contributed by atoms with Gasteiger partial charge in [-0.1, -0.05) is 67.6 Å². The number of nitrogens with zero attached hydrogens (tertiary/aromatic N) is 1. The van der Waals surface area contributed by atoms with Crippen LogP contribution in [0.2, 0.25) is 0 Å². The second-order valence-electron chi connectivity index (χ2n) is 8.07. The molecule has 0 heterocycles. The predicted octanol–water partition coefficient (Wildman–Crippen LogP) is 4.89. The molecular formula is C27H40FNO4. The van der Waals surface area contributed by atoms with E-state index in [0.717, 1.165) is 13.0 Å². The SMILES string of the molecule is CCCOCCOCCOCCOC(C)C(F)CN(Cc1ccccc1)Cc1ccccc1. The summed E-state index contributed by atoms with van der Waals surface area (Å²) in [5.74, 6) is 0. The predicted molar refractivity (Wildman–Crippen MR) is 130 cm³/mol. The van der Waals surface area contributed by atoms with E-state index in [1.54, 1.807) is 6.92 Å². The molecule has 0 saturated carbocycles. The van der Waals surface area contributed by atoms with Crippen molar-refractivity contribution >= 4 is 0 Å². The van der Waals surface area contributed by atoms with E-state index in [9.17, 15) is 0 Å². The Morgan fingerprint density at radius 3 is 1.64 bits per heavy atom. The van der Waals surface area contributed by atoms with Crippen LogP contribution in [0.5, 0.6) is 0 Å². The van der Waals surface area contributed by atoms with Crippen molar-refractivity contribution in [3.05, 3.63) is 71.8 Å². The second kappa shape index (κ2) is 17.6. The standard InChI is InChI=1S/C27H40FNO4/c1-3-14-30-15-16-31-17-18-32-19-20-33-24(2)27(28)23-29(21-25-10-6-4-7-11-25)22-26-12-8-5-9-13-26/h4-13,24,27H,3,14-23H2,1-2H3. The molecule has 2 rings (SSSR count). The van der Waals surface area contributed by atoms with Gasteiger partial charge in [-0.3, -0.25) is 4.90 Å². The Labute approximate surface area is 198 Å². The number of benzene rings is 2. The molecule has 0 fully saturated rings. The number of rotatable bonds is 19. The van der Waals surface area contributed by atoms with Crippen LogP contribution in [-0.4, -0.2) is 70.0 Å². The zero-order chi connectivity index (χ0) is 23.6. The van der Waals surface area contributed by atoms with E-state index in [0.29, 0.717) is 59.3 Å². The molecule has 184 valence electrons. The molecule has 0 bridgehead atoms. The minimum atomic E-state index is -1.09. The fourth-order valence-electron chi connectivity index (χ4n) is 3.35. The third-order valence-corrected chi connectivity index (χ3v) is 5.14. The van der Waals surface area contributed by atoms with Crippen LogP contribution in [0.4, 0.5) is 4.39 Å². The summed E-state index contributed by atoms with van der Waals surface area (Å²) in [4.78, 5) is 2.13. The van der Waals surface area contributed by atoms with Crippen LogP contribution >= 0.6 is 0 Å². The highest BCUT2D eigenvalue weighted by molar-refractivity contribution is 5.17. The van der Waals surface area contributed by atoms with Gasteiger partial charge < -0.3 is 18.9 Å². The van der Waals surface area contributed by atoms with Crippen LogP contribution in [0, 0.1) is 0 Å². The van der Waals surface area contributed by atoms with Crippen LogP contribution in [0.1, 0.15) is 31.4 Å². The first-order chi connectivity index (χ1) is 16.2. The molecule has 2 aromatic carbocycles. The molecule has 0 aliphatic heterocycles. The highest BCUT2D eigenvalue weighted by Gasteiger charge is 2.21. The van der Waals surface area contributed by atoms with Gasteiger partial charge in [-0.2, -0.15) is 0 Å². The highest BCUT2D eigenvalue weighted by Crippen LogP contribution is 2.14. The summed E-state index contributed by atoms with van der Waals surface area (Å²) in [5.41, 5.74) is 2.34. The van der Waals surface area contributed by atoms with E-state index in [2.05, 4.69) is 36.1 Å². The molecule has 0 aliphatic carbocycles. The lowest BCUT2D eigenvalue weighted by atomic mass is 10.1. The lowest BCUT2D eigenvalue weighted by Gasteiger charge is -2.27. The quantitative estimate of drug-likeness (QED) is 0.279. The summed E-state index contributed by atoms with van der Waals surface area (Å²) in [5, 5.41) is 0. The van der Waals surface area contributed by atoms with Crippen LogP contribution in [0.15, 0.2) is 60.7 Å². The smallest absolute Gasteiger partial charge is 0.138 e. The molecule has 5 nitrogen and oxygen atoms in total. The van der Waals surface area contributed by atoms with Crippen LogP contribution < -0.4 is 0 Å². The van der Waals surface area contributed by atoms with Crippen molar-refractivity contribution in [1.29, 1.82) is 0 Å². The van der Waals surface area contributed by atoms with Crippen molar-refractivity contribution < 1.29 is 23.3 Å². The first kappa shape index (κ1) is 27.4. The van der Waals surface area contributed by atoms with Crippen molar-refractivity contribution in [1.82, 2.24) is 4.90 Å². The Hall–Kier alpha value is -1.83. The fourth-order valence-corrected chi connectivity index (χ4v) is 3.35. The van der Waals surface area contributed by atoms with Gasteiger partial charge in [-0.05, 0) is 24.5 Å². The van der Waals surface area contributed by atoms with Crippen LogP contribution in [0.25, 0.3) is 0 Å². The van der Waals surface area contributed by atoms with Gasteiger partial charge >= 0.3 is 0 Å². The van der Waals surface area contributed by atoms with Crippen molar-refractivity contribution in [3.63, 3.8) is 0 Å². The topological polar surface area (TPSA) is 40.2 Å². The summed E-state index contributed by atoms with van der Waals surface area (Å²) < 4.78 is 37.0. The summed E-state index contributed by atoms with van der Waals surface area (Å²) in [6, 6.07) is 20.3. The Morgan fingerprint density at radius 1 is 0.697 bits per heavy atom. The third kappa shape index (κ3) is 12.8. The van der Waals surface area contributed by atoms with E-state index < -0.39 is 12.3 Å². The number of alkyl halides is 1. The Morgan fingerprint density at radius 2 is 1.15 bits per heavy atom. The van der Waals surface area contributed by atoms with Gasteiger partial charge in [0.25, 0.3) is 0 Å². The molecule has 33 heavy (non-hydrogen) atoms. The molecule has 0 amide bonds. The fraction of sp³-hybridized carbons (Fsp3) is 0.556. The van der Waals surface area contributed by atoms with Crippen LogP contribution in [-0.2, 0) is 32.0 Å². The zero-order valence-electron chi connectivity index (χ0n) is 20.2. The Balaban J connectivity index is 1.66. The molecule has 0 spiro atoms. The van der Waals surface area contributed by atoms with Gasteiger partial charge in [0.05, 0.1) is 45.7 Å². The maximum atomic E-state index is 15.0. The number of hydrogen-bond donors (Lipinski definition) is 0. The number of halogens is 1.